The van der Waals surface area contributed by atoms with E-state index in [-0.39, 0.29) is 17.7 Å². The van der Waals surface area contributed by atoms with Gasteiger partial charge in [-0.15, -0.1) is 11.3 Å². The Kier molecular flexibility index (Phi) is 6.48. The molecule has 0 aromatic carbocycles. The summed E-state index contributed by atoms with van der Waals surface area (Å²) in [6.07, 6.45) is 5.05. The molecule has 3 heterocycles. The van der Waals surface area contributed by atoms with Gasteiger partial charge in [0.1, 0.15) is 0 Å². The summed E-state index contributed by atoms with van der Waals surface area (Å²) in [6.45, 7) is 6.83. The number of carbonyl (C=O) groups excluding carboxylic acids is 2. The molecule has 138 valence electrons. The lowest BCUT2D eigenvalue weighted by atomic mass is 9.95. The lowest BCUT2D eigenvalue weighted by Gasteiger charge is -2.35. The maximum atomic E-state index is 12.7. The standard InChI is InChI=1S/C19H29N3O2S/c1-2-9-21-11-7-16(8-12-21)20-18(23)15-5-3-10-22(14-15)19(24)17-6-4-13-25-17/h4,6,13,15-16H,2-3,5,7-12,14H2,1H3,(H,20,23). The highest BCUT2D eigenvalue weighted by Crippen LogP contribution is 2.21. The third kappa shape index (κ3) is 4.82. The third-order valence-electron chi connectivity index (χ3n) is 5.29. The third-order valence-corrected chi connectivity index (χ3v) is 6.14. The smallest absolute Gasteiger partial charge is 0.263 e. The molecule has 3 rings (SSSR count). The molecular weight excluding hydrogens is 334 g/mol. The molecule has 0 bridgehead atoms. The van der Waals surface area contributed by atoms with E-state index in [1.54, 1.807) is 0 Å². The van der Waals surface area contributed by atoms with Gasteiger partial charge in [0.2, 0.25) is 5.91 Å². The summed E-state index contributed by atoms with van der Waals surface area (Å²) in [5, 5.41) is 5.17. The number of likely N-dealkylation sites (tertiary alicyclic amines) is 2. The molecule has 6 heteroatoms. The van der Waals surface area contributed by atoms with Crippen LogP contribution < -0.4 is 5.32 Å². The van der Waals surface area contributed by atoms with Crippen molar-refractivity contribution in [1.82, 2.24) is 15.1 Å². The number of amides is 2. The molecule has 0 saturated carbocycles. The molecule has 2 aliphatic rings. The largest absolute Gasteiger partial charge is 0.353 e. The van der Waals surface area contributed by atoms with Crippen molar-refractivity contribution in [3.8, 4) is 0 Å². The van der Waals surface area contributed by atoms with Crippen LogP contribution >= 0.6 is 11.3 Å². The van der Waals surface area contributed by atoms with E-state index in [4.69, 9.17) is 0 Å². The topological polar surface area (TPSA) is 52.7 Å². The fraction of sp³-hybridized carbons (Fsp3) is 0.684. The first-order valence-corrected chi connectivity index (χ1v) is 10.4. The second-order valence-electron chi connectivity index (χ2n) is 7.19. The van der Waals surface area contributed by atoms with Crippen LogP contribution in [0.15, 0.2) is 17.5 Å². The number of hydrogen-bond donors (Lipinski definition) is 1. The Morgan fingerprint density at radius 1 is 1.24 bits per heavy atom. The lowest BCUT2D eigenvalue weighted by Crippen LogP contribution is -2.50. The summed E-state index contributed by atoms with van der Waals surface area (Å²) >= 11 is 1.47. The van der Waals surface area contributed by atoms with Crippen molar-refractivity contribution in [3.05, 3.63) is 22.4 Å². The summed E-state index contributed by atoms with van der Waals surface area (Å²) in [6, 6.07) is 4.06. The number of hydrogen-bond acceptors (Lipinski definition) is 4. The van der Waals surface area contributed by atoms with Crippen LogP contribution in [0.3, 0.4) is 0 Å². The fourth-order valence-electron chi connectivity index (χ4n) is 3.87. The Labute approximate surface area is 154 Å². The number of carbonyl (C=O) groups is 2. The van der Waals surface area contributed by atoms with Gasteiger partial charge in [-0.2, -0.15) is 0 Å². The van der Waals surface area contributed by atoms with Crippen molar-refractivity contribution in [3.63, 3.8) is 0 Å². The van der Waals surface area contributed by atoms with E-state index >= 15 is 0 Å². The molecule has 1 unspecified atom stereocenters. The normalized spacial score (nSPS) is 22.8. The minimum absolute atomic E-state index is 0.0636. The minimum Gasteiger partial charge on any atom is -0.353 e. The first-order valence-electron chi connectivity index (χ1n) is 9.53. The van der Waals surface area contributed by atoms with Gasteiger partial charge < -0.3 is 15.1 Å². The van der Waals surface area contributed by atoms with Gasteiger partial charge in [-0.1, -0.05) is 13.0 Å². The monoisotopic (exact) mass is 363 g/mol. The number of nitrogens with zero attached hydrogens (tertiary/aromatic N) is 2. The van der Waals surface area contributed by atoms with E-state index in [1.807, 2.05) is 22.4 Å². The zero-order valence-electron chi connectivity index (χ0n) is 15.1. The molecule has 2 saturated heterocycles. The van der Waals surface area contributed by atoms with Gasteiger partial charge in [-0.3, -0.25) is 9.59 Å². The number of thiophene rings is 1. The highest BCUT2D eigenvalue weighted by atomic mass is 32.1. The van der Waals surface area contributed by atoms with Crippen molar-refractivity contribution in [2.45, 2.75) is 45.1 Å². The first-order chi connectivity index (χ1) is 12.2. The van der Waals surface area contributed by atoms with Crippen LogP contribution in [0.5, 0.6) is 0 Å². The van der Waals surface area contributed by atoms with Gasteiger partial charge in [-0.25, -0.2) is 0 Å². The summed E-state index contributed by atoms with van der Waals surface area (Å²) in [5.41, 5.74) is 0. The van der Waals surface area contributed by atoms with Crippen LogP contribution in [0, 0.1) is 5.92 Å². The summed E-state index contributed by atoms with van der Waals surface area (Å²) in [4.78, 5) is 30.3. The van der Waals surface area contributed by atoms with Gasteiger partial charge in [-0.05, 0) is 50.1 Å². The molecule has 1 atom stereocenters. The minimum atomic E-state index is -0.0636. The van der Waals surface area contributed by atoms with Crippen LogP contribution in [0.4, 0.5) is 0 Å². The van der Waals surface area contributed by atoms with Crippen LogP contribution in [0.1, 0.15) is 48.7 Å². The highest BCUT2D eigenvalue weighted by molar-refractivity contribution is 7.12. The molecule has 25 heavy (non-hydrogen) atoms. The van der Waals surface area contributed by atoms with Crippen molar-refractivity contribution in [2.24, 2.45) is 5.92 Å². The average Bonchev–Trinajstić information content (AvgIpc) is 3.18. The molecule has 2 aliphatic heterocycles. The van der Waals surface area contributed by atoms with Crippen molar-refractivity contribution >= 4 is 23.2 Å². The summed E-state index contributed by atoms with van der Waals surface area (Å²) < 4.78 is 0. The molecule has 1 aromatic rings. The highest BCUT2D eigenvalue weighted by Gasteiger charge is 2.30. The zero-order chi connectivity index (χ0) is 17.6. The van der Waals surface area contributed by atoms with E-state index in [2.05, 4.69) is 17.1 Å². The van der Waals surface area contributed by atoms with E-state index in [1.165, 1.54) is 17.8 Å². The van der Waals surface area contributed by atoms with Crippen LogP contribution in [0.25, 0.3) is 0 Å². The molecule has 1 N–H and O–H groups in total. The zero-order valence-corrected chi connectivity index (χ0v) is 15.9. The first kappa shape index (κ1) is 18.4. The Balaban J connectivity index is 1.48. The fourth-order valence-corrected chi connectivity index (χ4v) is 4.56. The maximum absolute atomic E-state index is 12.7. The van der Waals surface area contributed by atoms with Crippen LogP contribution in [-0.4, -0.2) is 60.4 Å². The van der Waals surface area contributed by atoms with E-state index in [0.717, 1.165) is 56.7 Å². The Morgan fingerprint density at radius 2 is 2.04 bits per heavy atom. The Morgan fingerprint density at radius 3 is 2.72 bits per heavy atom. The Hall–Kier alpha value is -1.40. The second kappa shape index (κ2) is 8.81. The van der Waals surface area contributed by atoms with Gasteiger partial charge in [0.05, 0.1) is 10.8 Å². The molecule has 2 amide bonds. The number of piperidine rings is 2. The molecule has 0 spiro atoms. The SMILES string of the molecule is CCCN1CCC(NC(=O)C2CCCN(C(=O)c3cccs3)C2)CC1. The predicted octanol–water partition coefficient (Wildman–Crippen LogP) is 2.59. The van der Waals surface area contributed by atoms with Gasteiger partial charge in [0.25, 0.3) is 5.91 Å². The second-order valence-corrected chi connectivity index (χ2v) is 8.14. The average molecular weight is 364 g/mol. The molecule has 1 aromatic heterocycles. The molecular formula is C19H29N3O2S. The number of rotatable bonds is 5. The summed E-state index contributed by atoms with van der Waals surface area (Å²) in [5.74, 6) is 0.143. The van der Waals surface area contributed by atoms with E-state index in [9.17, 15) is 9.59 Å². The van der Waals surface area contributed by atoms with Gasteiger partial charge in [0, 0.05) is 32.2 Å². The molecule has 0 radical (unpaired) electrons. The van der Waals surface area contributed by atoms with E-state index < -0.39 is 0 Å². The molecule has 5 nitrogen and oxygen atoms in total. The molecule has 2 fully saturated rings. The lowest BCUT2D eigenvalue weighted by molar-refractivity contribution is -0.127. The molecule has 0 aliphatic carbocycles. The van der Waals surface area contributed by atoms with Crippen LogP contribution in [-0.2, 0) is 4.79 Å². The Bertz CT molecular complexity index is 567. The van der Waals surface area contributed by atoms with Crippen molar-refractivity contribution in [1.29, 1.82) is 0 Å². The maximum Gasteiger partial charge on any atom is 0.263 e. The quantitative estimate of drug-likeness (QED) is 0.875. The van der Waals surface area contributed by atoms with Crippen molar-refractivity contribution < 1.29 is 9.59 Å². The summed E-state index contributed by atoms with van der Waals surface area (Å²) in [7, 11) is 0. The number of nitrogens with one attached hydrogen (secondary N) is 1. The van der Waals surface area contributed by atoms with Gasteiger partial charge >= 0.3 is 0 Å². The predicted molar refractivity (Wildman–Crippen MR) is 101 cm³/mol. The van der Waals surface area contributed by atoms with Gasteiger partial charge in [0.15, 0.2) is 0 Å². The van der Waals surface area contributed by atoms with E-state index in [0.29, 0.717) is 12.6 Å². The van der Waals surface area contributed by atoms with Crippen LogP contribution in [0.2, 0.25) is 0 Å². The van der Waals surface area contributed by atoms with Crippen molar-refractivity contribution in [2.75, 3.05) is 32.7 Å².